The molecule has 1 aromatic heterocycles. The van der Waals surface area contributed by atoms with Gasteiger partial charge >= 0.3 is 0 Å². The van der Waals surface area contributed by atoms with E-state index in [9.17, 15) is 4.79 Å². The molecule has 0 aliphatic rings. The van der Waals surface area contributed by atoms with Crippen LogP contribution in [0.5, 0.6) is 11.5 Å². The Morgan fingerprint density at radius 2 is 1.88 bits per heavy atom. The van der Waals surface area contributed by atoms with E-state index in [0.29, 0.717) is 29.1 Å². The number of H-pyrrole nitrogens is 1. The standard InChI is InChI=1S/C22H26N6O3S/c1-14-5-8-17(9-6-14)15(2)25-26-21-24-22(28-27-21)32-13-20(29)23-12-16-7-10-18(30-3)19(11-16)31-4/h5-11H,12-13H2,1-4H3,(H,23,29)(H2,24,26,27,28)/b25-15-. The minimum atomic E-state index is -0.127. The highest BCUT2D eigenvalue weighted by atomic mass is 32.2. The minimum absolute atomic E-state index is 0.127. The number of hydrogen-bond donors (Lipinski definition) is 3. The average Bonchev–Trinajstić information content (AvgIpc) is 3.28. The molecule has 0 spiro atoms. The van der Waals surface area contributed by atoms with Gasteiger partial charge in [0, 0.05) is 6.54 Å². The highest BCUT2D eigenvalue weighted by molar-refractivity contribution is 7.99. The number of aromatic nitrogens is 3. The molecule has 168 valence electrons. The molecule has 0 saturated carbocycles. The van der Waals surface area contributed by atoms with E-state index in [0.717, 1.165) is 16.8 Å². The summed E-state index contributed by atoms with van der Waals surface area (Å²) in [5.74, 6) is 1.73. The summed E-state index contributed by atoms with van der Waals surface area (Å²) in [6, 6.07) is 13.6. The van der Waals surface area contributed by atoms with Crippen LogP contribution in [-0.2, 0) is 11.3 Å². The van der Waals surface area contributed by atoms with Crippen LogP contribution >= 0.6 is 11.8 Å². The van der Waals surface area contributed by atoms with Crippen molar-refractivity contribution in [2.24, 2.45) is 5.10 Å². The molecule has 0 bridgehead atoms. The van der Waals surface area contributed by atoms with Gasteiger partial charge < -0.3 is 14.8 Å². The van der Waals surface area contributed by atoms with Gasteiger partial charge in [-0.3, -0.25) is 4.79 Å². The van der Waals surface area contributed by atoms with Crippen LogP contribution < -0.4 is 20.2 Å². The van der Waals surface area contributed by atoms with Crippen molar-refractivity contribution in [2.45, 2.75) is 25.5 Å². The van der Waals surface area contributed by atoms with Crippen LogP contribution in [0.2, 0.25) is 0 Å². The number of aryl methyl sites for hydroxylation is 1. The molecule has 0 fully saturated rings. The van der Waals surface area contributed by atoms with E-state index in [4.69, 9.17) is 9.47 Å². The number of carbonyl (C=O) groups is 1. The van der Waals surface area contributed by atoms with Crippen molar-refractivity contribution in [3.63, 3.8) is 0 Å². The van der Waals surface area contributed by atoms with Gasteiger partial charge in [-0.1, -0.05) is 47.7 Å². The first kappa shape index (κ1) is 23.1. The Morgan fingerprint density at radius 1 is 1.12 bits per heavy atom. The fourth-order valence-electron chi connectivity index (χ4n) is 2.73. The minimum Gasteiger partial charge on any atom is -0.493 e. The van der Waals surface area contributed by atoms with E-state index in [2.05, 4.69) is 31.0 Å². The Bertz CT molecular complexity index is 1080. The highest BCUT2D eigenvalue weighted by Gasteiger charge is 2.09. The number of nitrogens with one attached hydrogen (secondary N) is 3. The second-order valence-corrected chi connectivity index (χ2v) is 7.84. The van der Waals surface area contributed by atoms with Crippen LogP contribution in [0.3, 0.4) is 0 Å². The third kappa shape index (κ3) is 6.48. The molecule has 0 aliphatic heterocycles. The van der Waals surface area contributed by atoms with E-state index in [1.54, 1.807) is 20.3 Å². The number of benzene rings is 2. The number of amides is 1. The van der Waals surface area contributed by atoms with Gasteiger partial charge in [-0.05, 0) is 37.1 Å². The van der Waals surface area contributed by atoms with Crippen LogP contribution in [0.1, 0.15) is 23.6 Å². The van der Waals surface area contributed by atoms with Crippen LogP contribution in [-0.4, -0.2) is 46.8 Å². The van der Waals surface area contributed by atoms with Crippen molar-refractivity contribution in [2.75, 3.05) is 25.4 Å². The fraction of sp³-hybridized carbons (Fsp3) is 0.273. The fourth-order valence-corrected chi connectivity index (χ4v) is 3.36. The zero-order valence-electron chi connectivity index (χ0n) is 18.4. The van der Waals surface area contributed by atoms with Gasteiger partial charge in [0.25, 0.3) is 0 Å². The second kappa shape index (κ2) is 11.2. The molecule has 2 aromatic carbocycles. The zero-order chi connectivity index (χ0) is 22.9. The number of anilines is 1. The van der Waals surface area contributed by atoms with Gasteiger partial charge in [0.1, 0.15) is 0 Å². The van der Waals surface area contributed by atoms with E-state index in [1.807, 2.05) is 50.2 Å². The molecule has 1 amide bonds. The summed E-state index contributed by atoms with van der Waals surface area (Å²) in [5, 5.41) is 14.5. The summed E-state index contributed by atoms with van der Waals surface area (Å²) in [6.07, 6.45) is 0. The number of hydrogen-bond acceptors (Lipinski definition) is 8. The number of carbonyl (C=O) groups excluding carboxylic acids is 1. The third-order valence-corrected chi connectivity index (χ3v) is 5.38. The Kier molecular flexibility index (Phi) is 8.09. The van der Waals surface area contributed by atoms with Gasteiger partial charge in [0.2, 0.25) is 17.0 Å². The molecule has 1 heterocycles. The lowest BCUT2D eigenvalue weighted by Crippen LogP contribution is -2.24. The number of rotatable bonds is 10. The van der Waals surface area contributed by atoms with Crippen molar-refractivity contribution < 1.29 is 14.3 Å². The molecule has 10 heteroatoms. The van der Waals surface area contributed by atoms with Crippen LogP contribution in [0.4, 0.5) is 5.95 Å². The van der Waals surface area contributed by atoms with E-state index >= 15 is 0 Å². The topological polar surface area (TPSA) is 114 Å². The second-order valence-electron chi connectivity index (χ2n) is 6.90. The molecule has 3 aromatic rings. The van der Waals surface area contributed by atoms with Gasteiger partial charge in [0.15, 0.2) is 11.5 Å². The lowest BCUT2D eigenvalue weighted by Gasteiger charge is -2.10. The molecule has 3 N–H and O–H groups in total. The Balaban J connectivity index is 1.46. The maximum Gasteiger partial charge on any atom is 0.240 e. The lowest BCUT2D eigenvalue weighted by molar-refractivity contribution is -0.118. The number of ether oxygens (including phenoxy) is 2. The summed E-state index contributed by atoms with van der Waals surface area (Å²) in [6.45, 7) is 4.33. The summed E-state index contributed by atoms with van der Waals surface area (Å²) in [4.78, 5) is 16.5. The maximum absolute atomic E-state index is 12.2. The Labute approximate surface area is 191 Å². The SMILES string of the molecule is COc1ccc(CNC(=O)CSc2n[nH]c(N/N=C(/C)c3ccc(C)cc3)n2)cc1OC. The molecule has 0 aliphatic carbocycles. The number of hydrazone groups is 1. The van der Waals surface area contributed by atoms with Crippen LogP contribution in [0.25, 0.3) is 0 Å². The maximum atomic E-state index is 12.2. The smallest absolute Gasteiger partial charge is 0.240 e. The molecule has 0 atom stereocenters. The molecule has 32 heavy (non-hydrogen) atoms. The first-order valence-corrected chi connectivity index (χ1v) is 10.9. The van der Waals surface area contributed by atoms with Crippen molar-refractivity contribution in [3.8, 4) is 11.5 Å². The van der Waals surface area contributed by atoms with Crippen LogP contribution in [0, 0.1) is 6.92 Å². The van der Waals surface area contributed by atoms with Crippen molar-refractivity contribution in [3.05, 3.63) is 59.2 Å². The summed E-state index contributed by atoms with van der Waals surface area (Å²) in [5.41, 5.74) is 6.80. The van der Waals surface area contributed by atoms with Gasteiger partial charge in [-0.2, -0.15) is 10.1 Å². The first-order valence-electron chi connectivity index (χ1n) is 9.88. The molecule has 0 radical (unpaired) electrons. The quantitative estimate of drug-likeness (QED) is 0.244. The molecule has 3 rings (SSSR count). The molecular formula is C22H26N6O3S. The predicted molar refractivity (Wildman–Crippen MR) is 126 cm³/mol. The van der Waals surface area contributed by atoms with E-state index in [1.165, 1.54) is 17.3 Å². The first-order chi connectivity index (χ1) is 15.5. The third-order valence-electron chi connectivity index (χ3n) is 4.53. The zero-order valence-corrected chi connectivity index (χ0v) is 19.2. The van der Waals surface area contributed by atoms with Crippen molar-refractivity contribution in [1.29, 1.82) is 0 Å². The summed E-state index contributed by atoms with van der Waals surface area (Å²) in [7, 11) is 3.16. The highest BCUT2D eigenvalue weighted by Crippen LogP contribution is 2.27. The van der Waals surface area contributed by atoms with E-state index in [-0.39, 0.29) is 11.7 Å². The number of thioether (sulfide) groups is 1. The number of aromatic amines is 1. The van der Waals surface area contributed by atoms with Crippen molar-refractivity contribution in [1.82, 2.24) is 20.5 Å². The Hall–Kier alpha value is -3.53. The molecular weight excluding hydrogens is 428 g/mol. The molecule has 0 unspecified atom stereocenters. The van der Waals surface area contributed by atoms with E-state index < -0.39 is 0 Å². The van der Waals surface area contributed by atoms with Crippen LogP contribution in [0.15, 0.2) is 52.7 Å². The average molecular weight is 455 g/mol. The number of methoxy groups -OCH3 is 2. The number of nitrogens with zero attached hydrogens (tertiary/aromatic N) is 3. The lowest BCUT2D eigenvalue weighted by atomic mass is 10.1. The molecule has 9 nitrogen and oxygen atoms in total. The molecule has 0 saturated heterocycles. The largest absolute Gasteiger partial charge is 0.493 e. The summed E-state index contributed by atoms with van der Waals surface area (Å²) >= 11 is 1.23. The summed E-state index contributed by atoms with van der Waals surface area (Å²) < 4.78 is 10.5. The Morgan fingerprint density at radius 3 is 2.59 bits per heavy atom. The van der Waals surface area contributed by atoms with Gasteiger partial charge in [-0.15, -0.1) is 5.10 Å². The van der Waals surface area contributed by atoms with Crippen molar-refractivity contribution >= 4 is 29.3 Å². The monoisotopic (exact) mass is 454 g/mol. The van der Waals surface area contributed by atoms with Gasteiger partial charge in [0.05, 0.1) is 25.7 Å². The predicted octanol–water partition coefficient (Wildman–Crippen LogP) is 3.37. The van der Waals surface area contributed by atoms with Gasteiger partial charge in [-0.25, -0.2) is 10.5 Å². The normalized spacial score (nSPS) is 11.2.